The number of aromatic nitrogens is 2. The first-order valence-electron chi connectivity index (χ1n) is 11.6. The van der Waals surface area contributed by atoms with E-state index >= 15 is 0 Å². The third kappa shape index (κ3) is 5.07. The number of piperazine rings is 1. The number of fused-ring (bicyclic) bond motifs is 1. The maximum Gasteiger partial charge on any atom is 0.243 e. The van der Waals surface area contributed by atoms with Crippen LogP contribution in [0.15, 0.2) is 28.3 Å². The van der Waals surface area contributed by atoms with E-state index < -0.39 is 10.0 Å². The number of rotatable bonds is 7. The lowest BCUT2D eigenvalue weighted by Crippen LogP contribution is -2.50. The molecule has 2 aliphatic rings. The maximum absolute atomic E-state index is 13.1. The van der Waals surface area contributed by atoms with E-state index in [1.807, 2.05) is 29.4 Å². The molecule has 2 fully saturated rings. The second-order valence-electron chi connectivity index (χ2n) is 8.33. The molecule has 4 rings (SSSR count). The van der Waals surface area contributed by atoms with E-state index in [-0.39, 0.29) is 16.1 Å². The molecule has 0 saturated carbocycles. The number of hydrogen-bond donors (Lipinski definition) is 0. The fraction of sp³-hybridized carbons (Fsp3) is 0.636. The Balaban J connectivity index is 1.54. The van der Waals surface area contributed by atoms with Crippen LogP contribution in [0.4, 0.5) is 0 Å². The minimum atomic E-state index is -3.59. The fourth-order valence-electron chi connectivity index (χ4n) is 4.33. The smallest absolute Gasteiger partial charge is 0.243 e. The Hall–Kier alpha value is -1.66. The van der Waals surface area contributed by atoms with Crippen LogP contribution in [0.5, 0.6) is 0 Å². The van der Waals surface area contributed by atoms with Gasteiger partial charge in [0.2, 0.25) is 15.9 Å². The van der Waals surface area contributed by atoms with Crippen LogP contribution in [0.2, 0.25) is 0 Å². The molecule has 1 aromatic heterocycles. The minimum Gasteiger partial charge on any atom is -0.379 e. The van der Waals surface area contributed by atoms with Crippen LogP contribution in [0.25, 0.3) is 11.0 Å². The summed E-state index contributed by atoms with van der Waals surface area (Å²) in [4.78, 5) is 22.3. The van der Waals surface area contributed by atoms with Gasteiger partial charge < -0.3 is 19.1 Å². The number of carbonyl (C=O) groups is 1. The summed E-state index contributed by atoms with van der Waals surface area (Å²) in [5.41, 5.74) is 1.50. The number of hydrogen-bond acceptors (Lipinski definition) is 7. The van der Waals surface area contributed by atoms with Crippen molar-refractivity contribution in [3.05, 3.63) is 18.2 Å². The van der Waals surface area contributed by atoms with Crippen molar-refractivity contribution >= 4 is 38.7 Å². The average molecular weight is 496 g/mol. The molecule has 2 aromatic rings. The Morgan fingerprint density at radius 1 is 1.09 bits per heavy atom. The standard InChI is InChI=1S/C22H33N5O4S2/c1-4-24-8-10-25(11-9-24)21(28)17(3)32-22-23-19-16-18(6-7-20(19)27(22)5-2)33(29,30)26-12-14-31-15-13-26/h6-7,16-17H,4-5,8-15H2,1-3H3. The first-order chi connectivity index (χ1) is 15.8. The van der Waals surface area contributed by atoms with E-state index in [1.54, 1.807) is 12.1 Å². The number of amides is 1. The molecule has 0 aliphatic carbocycles. The zero-order chi connectivity index (χ0) is 23.6. The lowest BCUT2D eigenvalue weighted by Gasteiger charge is -2.35. The van der Waals surface area contributed by atoms with Gasteiger partial charge in [-0.2, -0.15) is 4.31 Å². The lowest BCUT2D eigenvalue weighted by molar-refractivity contribution is -0.132. The van der Waals surface area contributed by atoms with Gasteiger partial charge in [-0.1, -0.05) is 18.7 Å². The molecule has 0 bridgehead atoms. The van der Waals surface area contributed by atoms with E-state index in [1.165, 1.54) is 16.1 Å². The second kappa shape index (κ2) is 10.3. The molecule has 0 N–H and O–H groups in total. The number of nitrogens with zero attached hydrogens (tertiary/aromatic N) is 5. The Morgan fingerprint density at radius 2 is 1.79 bits per heavy atom. The first kappa shape index (κ1) is 24.5. The Labute approximate surface area is 200 Å². The van der Waals surface area contributed by atoms with Gasteiger partial charge in [0.05, 0.1) is 34.4 Å². The molecule has 2 aliphatic heterocycles. The SMILES string of the molecule is CCN1CCN(C(=O)C(C)Sc2nc3cc(S(=O)(=O)N4CCOCC4)ccc3n2CC)CC1. The van der Waals surface area contributed by atoms with E-state index in [0.717, 1.165) is 43.4 Å². The molecule has 182 valence electrons. The monoisotopic (exact) mass is 495 g/mol. The zero-order valence-corrected chi connectivity index (χ0v) is 21.2. The van der Waals surface area contributed by atoms with Crippen molar-refractivity contribution in [3.63, 3.8) is 0 Å². The molecular formula is C22H33N5O4S2. The predicted octanol–water partition coefficient (Wildman–Crippen LogP) is 1.72. The van der Waals surface area contributed by atoms with Gasteiger partial charge in [0.1, 0.15) is 0 Å². The number of imidazole rings is 1. The first-order valence-corrected chi connectivity index (χ1v) is 13.9. The number of likely N-dealkylation sites (N-methyl/N-ethyl adjacent to an activating group) is 1. The molecule has 33 heavy (non-hydrogen) atoms. The van der Waals surface area contributed by atoms with Crippen molar-refractivity contribution < 1.29 is 17.9 Å². The molecule has 9 nitrogen and oxygen atoms in total. The van der Waals surface area contributed by atoms with Crippen molar-refractivity contribution in [2.45, 2.75) is 42.6 Å². The van der Waals surface area contributed by atoms with Crippen molar-refractivity contribution in [1.82, 2.24) is 23.7 Å². The van der Waals surface area contributed by atoms with E-state index in [9.17, 15) is 13.2 Å². The number of aryl methyl sites for hydroxylation is 1. The molecule has 1 unspecified atom stereocenters. The van der Waals surface area contributed by atoms with Crippen LogP contribution in [0.3, 0.4) is 0 Å². The fourth-order valence-corrected chi connectivity index (χ4v) is 6.83. The van der Waals surface area contributed by atoms with Gasteiger partial charge >= 0.3 is 0 Å². The highest BCUT2D eigenvalue weighted by Gasteiger charge is 2.29. The lowest BCUT2D eigenvalue weighted by atomic mass is 10.3. The normalized spacial score (nSPS) is 19.8. The van der Waals surface area contributed by atoms with Crippen LogP contribution in [-0.4, -0.2) is 102 Å². The quantitative estimate of drug-likeness (QED) is 0.541. The highest BCUT2D eigenvalue weighted by molar-refractivity contribution is 8.00. The number of benzene rings is 1. The summed E-state index contributed by atoms with van der Waals surface area (Å²) >= 11 is 1.44. The maximum atomic E-state index is 13.1. The average Bonchev–Trinajstić information content (AvgIpc) is 3.20. The minimum absolute atomic E-state index is 0.126. The van der Waals surface area contributed by atoms with Crippen LogP contribution < -0.4 is 0 Å². The summed E-state index contributed by atoms with van der Waals surface area (Å²) in [6.45, 7) is 12.7. The van der Waals surface area contributed by atoms with Crippen molar-refractivity contribution in [3.8, 4) is 0 Å². The third-order valence-electron chi connectivity index (χ3n) is 6.37. The molecule has 1 atom stereocenters. The highest BCUT2D eigenvalue weighted by atomic mass is 32.2. The van der Waals surface area contributed by atoms with Gasteiger partial charge in [0.15, 0.2) is 5.16 Å². The summed E-state index contributed by atoms with van der Waals surface area (Å²) in [7, 11) is -3.59. The number of thioether (sulfide) groups is 1. The summed E-state index contributed by atoms with van der Waals surface area (Å²) in [6, 6.07) is 5.11. The molecule has 0 spiro atoms. The van der Waals surface area contributed by atoms with Gasteiger partial charge in [0, 0.05) is 45.8 Å². The van der Waals surface area contributed by atoms with Gasteiger partial charge in [-0.3, -0.25) is 4.79 Å². The number of carbonyl (C=O) groups excluding carboxylic acids is 1. The van der Waals surface area contributed by atoms with Crippen molar-refractivity contribution in [1.29, 1.82) is 0 Å². The largest absolute Gasteiger partial charge is 0.379 e. The number of ether oxygens (including phenoxy) is 1. The molecule has 3 heterocycles. The van der Waals surface area contributed by atoms with E-state index in [0.29, 0.717) is 38.4 Å². The number of morpholine rings is 1. The molecule has 2 saturated heterocycles. The summed E-state index contributed by atoms with van der Waals surface area (Å²) in [6.07, 6.45) is 0. The van der Waals surface area contributed by atoms with E-state index in [4.69, 9.17) is 9.72 Å². The third-order valence-corrected chi connectivity index (χ3v) is 9.34. The van der Waals surface area contributed by atoms with E-state index in [2.05, 4.69) is 11.8 Å². The Bertz CT molecular complexity index is 1090. The van der Waals surface area contributed by atoms with Crippen LogP contribution in [-0.2, 0) is 26.1 Å². The zero-order valence-electron chi connectivity index (χ0n) is 19.6. The molecule has 0 radical (unpaired) electrons. The Morgan fingerprint density at radius 3 is 2.42 bits per heavy atom. The van der Waals surface area contributed by atoms with Gasteiger partial charge in [-0.05, 0) is 38.6 Å². The van der Waals surface area contributed by atoms with Crippen LogP contribution >= 0.6 is 11.8 Å². The summed E-state index contributed by atoms with van der Waals surface area (Å²) in [5, 5.41) is 0.471. The molecular weight excluding hydrogens is 462 g/mol. The molecule has 11 heteroatoms. The van der Waals surface area contributed by atoms with Crippen molar-refractivity contribution in [2.75, 3.05) is 59.0 Å². The highest BCUT2D eigenvalue weighted by Crippen LogP contribution is 2.30. The van der Waals surface area contributed by atoms with Gasteiger partial charge in [-0.15, -0.1) is 0 Å². The molecule has 1 amide bonds. The van der Waals surface area contributed by atoms with Gasteiger partial charge in [0.25, 0.3) is 0 Å². The summed E-state index contributed by atoms with van der Waals surface area (Å²) in [5.74, 6) is 0.126. The van der Waals surface area contributed by atoms with Crippen molar-refractivity contribution in [2.24, 2.45) is 0 Å². The topological polar surface area (TPSA) is 88.0 Å². The summed E-state index contributed by atoms with van der Waals surface area (Å²) < 4.78 is 34.9. The predicted molar refractivity (Wildman–Crippen MR) is 129 cm³/mol. The molecule has 1 aromatic carbocycles. The van der Waals surface area contributed by atoms with Crippen LogP contribution in [0.1, 0.15) is 20.8 Å². The van der Waals surface area contributed by atoms with Crippen LogP contribution in [0, 0.1) is 0 Å². The van der Waals surface area contributed by atoms with Gasteiger partial charge in [-0.25, -0.2) is 13.4 Å². The Kier molecular flexibility index (Phi) is 7.64. The number of sulfonamides is 1. The second-order valence-corrected chi connectivity index (χ2v) is 11.6.